The Morgan fingerprint density at radius 3 is 2.91 bits per heavy atom. The fourth-order valence-corrected chi connectivity index (χ4v) is 0.457. The van der Waals surface area contributed by atoms with E-state index < -0.39 is 12.1 Å². The quantitative estimate of drug-likeness (QED) is 0.386. The van der Waals surface area contributed by atoms with Gasteiger partial charge in [-0.25, -0.2) is 0 Å². The summed E-state index contributed by atoms with van der Waals surface area (Å²) in [5.74, 6) is -0.449. The van der Waals surface area contributed by atoms with Gasteiger partial charge in [0.25, 0.3) is 0 Å². The van der Waals surface area contributed by atoms with Gasteiger partial charge in [0.2, 0.25) is 6.41 Å². The van der Waals surface area contributed by atoms with Crippen LogP contribution in [0.1, 0.15) is 6.92 Å². The number of aliphatic hydroxyl groups excluding tert-OH is 1. The first-order chi connectivity index (χ1) is 5.16. The van der Waals surface area contributed by atoms with Crippen LogP contribution in [-0.4, -0.2) is 36.7 Å². The highest BCUT2D eigenvalue weighted by molar-refractivity contribution is 5.65. The number of rotatable bonds is 5. The molecule has 11 heavy (non-hydrogen) atoms. The van der Waals surface area contributed by atoms with E-state index in [9.17, 15) is 9.59 Å². The maximum absolute atomic E-state index is 10.2. The molecule has 0 aromatic rings. The second-order valence-electron chi connectivity index (χ2n) is 1.98. The van der Waals surface area contributed by atoms with Crippen LogP contribution in [-0.2, 0) is 14.3 Å². The van der Waals surface area contributed by atoms with E-state index in [1.165, 1.54) is 6.92 Å². The van der Waals surface area contributed by atoms with Crippen LogP contribution in [0.4, 0.5) is 0 Å². The van der Waals surface area contributed by atoms with E-state index in [1.54, 1.807) is 0 Å². The summed E-state index contributed by atoms with van der Waals surface area (Å²) in [5, 5.41) is 11.2. The third kappa shape index (κ3) is 6.79. The Hall–Kier alpha value is -1.10. The molecule has 0 fully saturated rings. The van der Waals surface area contributed by atoms with Crippen LogP contribution >= 0.6 is 0 Å². The lowest BCUT2D eigenvalue weighted by molar-refractivity contribution is -0.143. The minimum Gasteiger partial charge on any atom is -0.463 e. The topological polar surface area (TPSA) is 75.6 Å². The van der Waals surface area contributed by atoms with Gasteiger partial charge >= 0.3 is 5.97 Å². The van der Waals surface area contributed by atoms with Crippen molar-refractivity contribution in [3.05, 3.63) is 0 Å². The van der Waals surface area contributed by atoms with E-state index in [1.807, 2.05) is 0 Å². The van der Waals surface area contributed by atoms with Crippen LogP contribution < -0.4 is 5.32 Å². The zero-order valence-electron chi connectivity index (χ0n) is 6.24. The summed E-state index contributed by atoms with van der Waals surface area (Å²) in [4.78, 5) is 19.9. The molecule has 0 spiro atoms. The Morgan fingerprint density at radius 2 is 2.45 bits per heavy atom. The summed E-state index contributed by atoms with van der Waals surface area (Å²) in [6.07, 6.45) is -0.360. The van der Waals surface area contributed by atoms with Crippen LogP contribution in [0.15, 0.2) is 0 Å². The SMILES string of the molecule is CC(=O)OCC(O)CNC=O. The highest BCUT2D eigenvalue weighted by Crippen LogP contribution is 1.83. The summed E-state index contributed by atoms with van der Waals surface area (Å²) in [7, 11) is 0. The second kappa shape index (κ2) is 5.67. The minimum absolute atomic E-state index is 0.0871. The molecule has 0 aliphatic rings. The Labute approximate surface area is 64.3 Å². The Bertz CT molecular complexity index is 137. The molecule has 0 aliphatic carbocycles. The van der Waals surface area contributed by atoms with Gasteiger partial charge in [0, 0.05) is 13.5 Å². The smallest absolute Gasteiger partial charge is 0.302 e. The molecular weight excluding hydrogens is 150 g/mol. The zero-order valence-corrected chi connectivity index (χ0v) is 6.24. The van der Waals surface area contributed by atoms with Crippen LogP contribution in [0, 0.1) is 0 Å². The number of nitrogens with one attached hydrogen (secondary N) is 1. The van der Waals surface area contributed by atoms with Gasteiger partial charge in [-0.1, -0.05) is 0 Å². The molecule has 0 saturated carbocycles. The number of hydrogen-bond acceptors (Lipinski definition) is 4. The highest BCUT2D eigenvalue weighted by Gasteiger charge is 2.03. The van der Waals surface area contributed by atoms with Crippen molar-refractivity contribution in [2.24, 2.45) is 0 Å². The largest absolute Gasteiger partial charge is 0.463 e. The molecule has 0 aromatic carbocycles. The number of carbonyl (C=O) groups excluding carboxylic acids is 2. The van der Waals surface area contributed by atoms with Crippen molar-refractivity contribution in [1.29, 1.82) is 0 Å². The zero-order chi connectivity index (χ0) is 8.69. The summed E-state index contributed by atoms with van der Waals surface area (Å²) < 4.78 is 4.46. The number of amides is 1. The molecule has 0 saturated heterocycles. The summed E-state index contributed by atoms with van der Waals surface area (Å²) in [6.45, 7) is 1.26. The van der Waals surface area contributed by atoms with Gasteiger partial charge in [-0.3, -0.25) is 9.59 Å². The third-order valence-corrected chi connectivity index (χ3v) is 0.916. The van der Waals surface area contributed by atoms with Gasteiger partial charge in [-0.2, -0.15) is 0 Å². The summed E-state index contributed by atoms with van der Waals surface area (Å²) >= 11 is 0. The lowest BCUT2D eigenvalue weighted by Crippen LogP contribution is -2.30. The predicted molar refractivity (Wildman–Crippen MR) is 36.7 cm³/mol. The normalized spacial score (nSPS) is 11.8. The standard InChI is InChI=1S/C6H11NO4/c1-5(9)11-3-6(10)2-7-4-8/h4,6,10H,2-3H2,1H3,(H,7,8). The molecule has 0 bridgehead atoms. The maximum atomic E-state index is 10.2. The van der Waals surface area contributed by atoms with Crippen LogP contribution in [0.2, 0.25) is 0 Å². The Balaban J connectivity index is 3.28. The van der Waals surface area contributed by atoms with Crippen LogP contribution in [0.3, 0.4) is 0 Å². The van der Waals surface area contributed by atoms with E-state index in [2.05, 4.69) is 10.1 Å². The number of carbonyl (C=O) groups is 2. The number of hydrogen-bond donors (Lipinski definition) is 2. The van der Waals surface area contributed by atoms with Gasteiger partial charge in [0.1, 0.15) is 12.7 Å². The van der Waals surface area contributed by atoms with Gasteiger partial charge in [0.15, 0.2) is 0 Å². The molecular formula is C6H11NO4. The molecule has 0 radical (unpaired) electrons. The lowest BCUT2D eigenvalue weighted by Gasteiger charge is -2.08. The van der Waals surface area contributed by atoms with Crippen LogP contribution in [0.5, 0.6) is 0 Å². The molecule has 5 nitrogen and oxygen atoms in total. The average molecular weight is 161 g/mol. The van der Waals surface area contributed by atoms with Gasteiger partial charge in [-0.05, 0) is 0 Å². The van der Waals surface area contributed by atoms with E-state index in [4.69, 9.17) is 5.11 Å². The molecule has 1 unspecified atom stereocenters. The first-order valence-electron chi connectivity index (χ1n) is 3.15. The fourth-order valence-electron chi connectivity index (χ4n) is 0.457. The maximum Gasteiger partial charge on any atom is 0.302 e. The third-order valence-electron chi connectivity index (χ3n) is 0.916. The molecule has 0 rings (SSSR count). The second-order valence-corrected chi connectivity index (χ2v) is 1.98. The molecule has 0 aromatic heterocycles. The number of esters is 1. The van der Waals surface area contributed by atoms with Gasteiger partial charge in [-0.15, -0.1) is 0 Å². The summed E-state index contributed by atoms with van der Waals surface area (Å²) in [5.41, 5.74) is 0. The van der Waals surface area contributed by atoms with E-state index in [0.717, 1.165) is 0 Å². The molecule has 5 heteroatoms. The molecule has 1 atom stereocenters. The van der Waals surface area contributed by atoms with Gasteiger partial charge < -0.3 is 15.2 Å². The van der Waals surface area contributed by atoms with Crippen LogP contribution in [0.25, 0.3) is 0 Å². The molecule has 0 aliphatic heterocycles. The first-order valence-corrected chi connectivity index (χ1v) is 3.15. The van der Waals surface area contributed by atoms with Crippen molar-refractivity contribution < 1.29 is 19.4 Å². The summed E-state index contributed by atoms with van der Waals surface area (Å²) in [6, 6.07) is 0. The molecule has 64 valence electrons. The molecule has 2 N–H and O–H groups in total. The molecule has 1 amide bonds. The minimum atomic E-state index is -0.830. The first kappa shape index (κ1) is 9.90. The average Bonchev–Trinajstić information content (AvgIpc) is 1.97. The highest BCUT2D eigenvalue weighted by atomic mass is 16.5. The lowest BCUT2D eigenvalue weighted by atomic mass is 10.4. The van der Waals surface area contributed by atoms with Crippen molar-refractivity contribution in [2.75, 3.05) is 13.2 Å². The van der Waals surface area contributed by atoms with E-state index in [0.29, 0.717) is 6.41 Å². The van der Waals surface area contributed by atoms with E-state index in [-0.39, 0.29) is 13.2 Å². The fraction of sp³-hybridized carbons (Fsp3) is 0.667. The molecule has 0 heterocycles. The van der Waals surface area contributed by atoms with Crippen molar-refractivity contribution in [3.8, 4) is 0 Å². The predicted octanol–water partition coefficient (Wildman–Crippen LogP) is -1.34. The van der Waals surface area contributed by atoms with E-state index >= 15 is 0 Å². The van der Waals surface area contributed by atoms with Crippen molar-refractivity contribution in [1.82, 2.24) is 5.32 Å². The Morgan fingerprint density at radius 1 is 1.82 bits per heavy atom. The van der Waals surface area contributed by atoms with Crippen molar-refractivity contribution in [3.63, 3.8) is 0 Å². The number of ether oxygens (including phenoxy) is 1. The monoisotopic (exact) mass is 161 g/mol. The number of aliphatic hydroxyl groups is 1. The van der Waals surface area contributed by atoms with Crippen molar-refractivity contribution in [2.45, 2.75) is 13.0 Å². The van der Waals surface area contributed by atoms with Crippen molar-refractivity contribution >= 4 is 12.4 Å². The Kier molecular flexibility index (Phi) is 5.10. The van der Waals surface area contributed by atoms with Gasteiger partial charge in [0.05, 0.1) is 0 Å².